The normalized spacial score (nSPS) is 32.0. The van der Waals surface area contributed by atoms with E-state index >= 15 is 0 Å². The highest BCUT2D eigenvalue weighted by molar-refractivity contribution is 5.93. The number of furan rings is 1. The van der Waals surface area contributed by atoms with Crippen molar-refractivity contribution in [3.05, 3.63) is 59.5 Å². The van der Waals surface area contributed by atoms with Gasteiger partial charge in [0.05, 0.1) is 23.5 Å². The summed E-state index contributed by atoms with van der Waals surface area (Å²) in [4.78, 5) is 14.8. The van der Waals surface area contributed by atoms with Crippen LogP contribution in [-0.2, 0) is 11.3 Å². The summed E-state index contributed by atoms with van der Waals surface area (Å²) >= 11 is 0. The fraction of sp³-hybridized carbons (Fsp3) is 0.500. The molecule has 27 heavy (non-hydrogen) atoms. The third kappa shape index (κ3) is 2.99. The molecule has 1 aromatic carbocycles. The van der Waals surface area contributed by atoms with Gasteiger partial charge in [-0.3, -0.25) is 9.69 Å². The molecule has 1 aromatic heterocycles. The molecular weight excluding hydrogens is 340 g/mol. The van der Waals surface area contributed by atoms with Crippen molar-refractivity contribution < 1.29 is 13.9 Å². The second-order valence-corrected chi connectivity index (χ2v) is 8.41. The molecule has 4 atom stereocenters. The molecule has 0 unspecified atom stereocenters. The number of rotatable bonds is 5. The summed E-state index contributed by atoms with van der Waals surface area (Å²) in [6.45, 7) is 5.84. The van der Waals surface area contributed by atoms with E-state index in [0.717, 1.165) is 32.5 Å². The Morgan fingerprint density at radius 3 is 2.93 bits per heavy atom. The van der Waals surface area contributed by atoms with Crippen molar-refractivity contribution in [1.82, 2.24) is 10.2 Å². The number of aryl methyl sites for hydroxylation is 1. The van der Waals surface area contributed by atoms with Crippen molar-refractivity contribution in [2.24, 2.45) is 11.8 Å². The zero-order chi connectivity index (χ0) is 18.4. The molecule has 5 heteroatoms. The van der Waals surface area contributed by atoms with E-state index in [4.69, 9.17) is 9.15 Å². The van der Waals surface area contributed by atoms with Crippen LogP contribution >= 0.6 is 0 Å². The molecule has 5 rings (SSSR count). The average Bonchev–Trinajstić information content (AvgIpc) is 3.42. The molecular formula is C22H26N2O3. The number of ether oxygens (including phenoxy) is 1. The second kappa shape index (κ2) is 6.50. The number of benzene rings is 1. The fourth-order valence-electron chi connectivity index (χ4n) is 5.34. The Morgan fingerprint density at radius 2 is 2.15 bits per heavy atom. The lowest BCUT2D eigenvalue weighted by Gasteiger charge is -2.29. The average molecular weight is 366 g/mol. The monoisotopic (exact) mass is 366 g/mol. The van der Waals surface area contributed by atoms with E-state index in [1.807, 2.05) is 0 Å². The summed E-state index contributed by atoms with van der Waals surface area (Å²) in [6, 6.07) is 10.5. The van der Waals surface area contributed by atoms with Gasteiger partial charge in [-0.1, -0.05) is 29.8 Å². The molecule has 2 aromatic rings. The summed E-state index contributed by atoms with van der Waals surface area (Å²) in [5, 5.41) is 3.09. The third-order valence-corrected chi connectivity index (χ3v) is 6.66. The fourth-order valence-corrected chi connectivity index (χ4v) is 5.34. The predicted octanol–water partition coefficient (Wildman–Crippen LogP) is 3.00. The third-order valence-electron chi connectivity index (χ3n) is 6.66. The maximum atomic E-state index is 12.3. The molecule has 2 bridgehead atoms. The highest BCUT2D eigenvalue weighted by Crippen LogP contribution is 2.54. The molecule has 1 N–H and O–H groups in total. The van der Waals surface area contributed by atoms with Gasteiger partial charge in [0, 0.05) is 38.0 Å². The number of likely N-dealkylation sites (tertiary alicyclic amines) is 1. The zero-order valence-electron chi connectivity index (χ0n) is 15.7. The number of carbonyl (C=O) groups excluding carboxylic acids is 1. The van der Waals surface area contributed by atoms with Crippen LogP contribution in [-0.4, -0.2) is 42.1 Å². The Labute approximate surface area is 159 Å². The summed E-state index contributed by atoms with van der Waals surface area (Å²) < 4.78 is 11.5. The van der Waals surface area contributed by atoms with E-state index in [-0.39, 0.29) is 11.5 Å². The van der Waals surface area contributed by atoms with Crippen LogP contribution < -0.4 is 5.32 Å². The number of carbonyl (C=O) groups is 1. The molecule has 5 nitrogen and oxygen atoms in total. The predicted molar refractivity (Wildman–Crippen MR) is 101 cm³/mol. The first kappa shape index (κ1) is 17.0. The van der Waals surface area contributed by atoms with Gasteiger partial charge in [-0.15, -0.1) is 0 Å². The molecule has 1 spiro atoms. The minimum atomic E-state index is -0.0601. The summed E-state index contributed by atoms with van der Waals surface area (Å²) in [5.41, 5.74) is 3.24. The van der Waals surface area contributed by atoms with Gasteiger partial charge in [0.25, 0.3) is 5.91 Å². The number of nitrogens with zero attached hydrogens (tertiary/aromatic N) is 1. The molecule has 3 saturated heterocycles. The van der Waals surface area contributed by atoms with Gasteiger partial charge >= 0.3 is 0 Å². The van der Waals surface area contributed by atoms with Crippen LogP contribution in [0.3, 0.4) is 0 Å². The molecule has 4 heterocycles. The van der Waals surface area contributed by atoms with Crippen molar-refractivity contribution in [3.8, 4) is 0 Å². The van der Waals surface area contributed by atoms with Crippen molar-refractivity contribution in [1.29, 1.82) is 0 Å². The largest absolute Gasteiger partial charge is 0.472 e. The van der Waals surface area contributed by atoms with Gasteiger partial charge < -0.3 is 14.5 Å². The van der Waals surface area contributed by atoms with Gasteiger partial charge in [-0.2, -0.15) is 0 Å². The Bertz CT molecular complexity index is 817. The summed E-state index contributed by atoms with van der Waals surface area (Å²) in [6.07, 6.45) is 5.58. The number of hydrogen-bond acceptors (Lipinski definition) is 4. The van der Waals surface area contributed by atoms with Gasteiger partial charge in [0.15, 0.2) is 0 Å². The molecule has 142 valence electrons. The van der Waals surface area contributed by atoms with E-state index in [2.05, 4.69) is 41.4 Å². The van der Waals surface area contributed by atoms with Crippen LogP contribution in [0.5, 0.6) is 0 Å². The standard InChI is InChI=1S/C22H26N2O3/c1-15-2-4-16(5-3-15)11-24-12-19-18(20-6-8-22(19,14-24)27-20)10-23-21(25)17-7-9-26-13-17/h2-5,7,9,13,18-20H,6,8,10-12,14H2,1H3,(H,23,25)/t18-,19+,20+,22+/m0/s1. The van der Waals surface area contributed by atoms with E-state index in [9.17, 15) is 4.79 Å². The lowest BCUT2D eigenvalue weighted by molar-refractivity contribution is 0.00212. The van der Waals surface area contributed by atoms with Crippen molar-refractivity contribution in [2.75, 3.05) is 19.6 Å². The summed E-state index contributed by atoms with van der Waals surface area (Å²) in [7, 11) is 0. The molecule has 0 saturated carbocycles. The molecule has 3 aliphatic rings. The molecule has 3 aliphatic heterocycles. The first-order chi connectivity index (χ1) is 13.1. The molecule has 1 amide bonds. The quantitative estimate of drug-likeness (QED) is 0.884. The smallest absolute Gasteiger partial charge is 0.254 e. The number of amides is 1. The van der Waals surface area contributed by atoms with Crippen molar-refractivity contribution in [2.45, 2.75) is 38.0 Å². The first-order valence-corrected chi connectivity index (χ1v) is 9.89. The van der Waals surface area contributed by atoms with Gasteiger partial charge in [0.1, 0.15) is 6.26 Å². The van der Waals surface area contributed by atoms with Crippen LogP contribution in [0, 0.1) is 18.8 Å². The maximum Gasteiger partial charge on any atom is 0.254 e. The zero-order valence-corrected chi connectivity index (χ0v) is 15.7. The lowest BCUT2D eigenvalue weighted by Crippen LogP contribution is -2.41. The lowest BCUT2D eigenvalue weighted by atomic mass is 9.73. The van der Waals surface area contributed by atoms with E-state index in [0.29, 0.717) is 30.0 Å². The summed E-state index contributed by atoms with van der Waals surface area (Å²) in [5.74, 6) is 0.846. The first-order valence-electron chi connectivity index (χ1n) is 9.89. The minimum absolute atomic E-state index is 0.000395. The van der Waals surface area contributed by atoms with Crippen molar-refractivity contribution >= 4 is 5.91 Å². The molecule has 0 aliphatic carbocycles. The minimum Gasteiger partial charge on any atom is -0.472 e. The van der Waals surface area contributed by atoms with Crippen molar-refractivity contribution in [3.63, 3.8) is 0 Å². The highest BCUT2D eigenvalue weighted by Gasteiger charge is 2.62. The molecule has 0 radical (unpaired) electrons. The van der Waals surface area contributed by atoms with Gasteiger partial charge in [0.2, 0.25) is 0 Å². The van der Waals surface area contributed by atoms with Crippen LogP contribution in [0.4, 0.5) is 0 Å². The SMILES string of the molecule is Cc1ccc(CN2C[C@@H]3[C@H](CNC(=O)c4ccoc4)[C@H]4CC[C@]3(C2)O4)cc1. The Hall–Kier alpha value is -2.11. The van der Waals surface area contributed by atoms with Gasteiger partial charge in [-0.05, 0) is 31.4 Å². The topological polar surface area (TPSA) is 54.7 Å². The van der Waals surface area contributed by atoms with Crippen LogP contribution in [0.2, 0.25) is 0 Å². The van der Waals surface area contributed by atoms with Crippen LogP contribution in [0.15, 0.2) is 47.3 Å². The highest BCUT2D eigenvalue weighted by atomic mass is 16.5. The Kier molecular flexibility index (Phi) is 4.10. The van der Waals surface area contributed by atoms with Crippen LogP contribution in [0.1, 0.15) is 34.3 Å². The number of hydrogen-bond donors (Lipinski definition) is 1. The van der Waals surface area contributed by atoms with E-state index in [1.165, 1.54) is 23.7 Å². The second-order valence-electron chi connectivity index (χ2n) is 8.41. The number of nitrogens with one attached hydrogen (secondary N) is 1. The Morgan fingerprint density at radius 1 is 1.30 bits per heavy atom. The Balaban J connectivity index is 1.25. The van der Waals surface area contributed by atoms with Gasteiger partial charge in [-0.25, -0.2) is 0 Å². The maximum absolute atomic E-state index is 12.3. The molecule has 3 fully saturated rings. The number of fused-ring (bicyclic) bond motifs is 1. The van der Waals surface area contributed by atoms with Crippen LogP contribution in [0.25, 0.3) is 0 Å². The van der Waals surface area contributed by atoms with E-state index < -0.39 is 0 Å². The van der Waals surface area contributed by atoms with E-state index in [1.54, 1.807) is 6.07 Å².